The van der Waals surface area contributed by atoms with Crippen molar-refractivity contribution in [2.45, 2.75) is 6.10 Å². The summed E-state index contributed by atoms with van der Waals surface area (Å²) in [5, 5.41) is 10.6. The van der Waals surface area contributed by atoms with Crippen LogP contribution in [0.1, 0.15) is 11.7 Å². The lowest BCUT2D eigenvalue weighted by molar-refractivity contribution is -0.386. The van der Waals surface area contributed by atoms with Crippen molar-refractivity contribution in [1.82, 2.24) is 0 Å². The molecule has 0 aliphatic rings. The van der Waals surface area contributed by atoms with Crippen molar-refractivity contribution in [3.8, 4) is 0 Å². The zero-order valence-corrected chi connectivity index (χ0v) is 7.54. The van der Waals surface area contributed by atoms with Crippen LogP contribution in [0.15, 0.2) is 24.3 Å². The van der Waals surface area contributed by atoms with Crippen molar-refractivity contribution in [3.05, 3.63) is 39.9 Å². The summed E-state index contributed by atoms with van der Waals surface area (Å²) in [7, 11) is 1.33. The van der Waals surface area contributed by atoms with Crippen molar-refractivity contribution in [3.63, 3.8) is 0 Å². The third-order valence-corrected chi connectivity index (χ3v) is 1.82. The van der Waals surface area contributed by atoms with Gasteiger partial charge in [0, 0.05) is 13.2 Å². The molecule has 1 rings (SSSR count). The smallest absolute Gasteiger partial charge is 0.275 e. The number of carbonyl (C=O) groups is 1. The quantitative estimate of drug-likeness (QED) is 0.414. The van der Waals surface area contributed by atoms with Crippen LogP contribution in [-0.2, 0) is 9.53 Å². The average molecular weight is 195 g/mol. The lowest BCUT2D eigenvalue weighted by Crippen LogP contribution is -2.05. The Kier molecular flexibility index (Phi) is 3.30. The van der Waals surface area contributed by atoms with Gasteiger partial charge in [-0.2, -0.15) is 0 Å². The summed E-state index contributed by atoms with van der Waals surface area (Å²) < 4.78 is 4.80. The average Bonchev–Trinajstić information content (AvgIpc) is 2.20. The van der Waals surface area contributed by atoms with Crippen LogP contribution in [0.5, 0.6) is 0 Å². The molecule has 0 N–H and O–H groups in total. The van der Waals surface area contributed by atoms with Gasteiger partial charge in [-0.05, 0) is 6.07 Å². The molecular formula is C9H9NO4. The van der Waals surface area contributed by atoms with Gasteiger partial charge in [-0.25, -0.2) is 0 Å². The van der Waals surface area contributed by atoms with Crippen LogP contribution in [0, 0.1) is 10.1 Å². The van der Waals surface area contributed by atoms with Crippen LogP contribution in [0.25, 0.3) is 0 Å². The molecule has 0 amide bonds. The Hall–Kier alpha value is -1.75. The van der Waals surface area contributed by atoms with E-state index in [0.29, 0.717) is 6.29 Å². The molecule has 0 saturated heterocycles. The monoisotopic (exact) mass is 195 g/mol. The van der Waals surface area contributed by atoms with Crippen molar-refractivity contribution in [2.75, 3.05) is 7.11 Å². The van der Waals surface area contributed by atoms with Gasteiger partial charge >= 0.3 is 0 Å². The Morgan fingerprint density at radius 3 is 2.64 bits per heavy atom. The van der Waals surface area contributed by atoms with E-state index < -0.39 is 11.0 Å². The van der Waals surface area contributed by atoms with Crippen molar-refractivity contribution in [2.24, 2.45) is 0 Å². The normalized spacial score (nSPS) is 12.1. The minimum atomic E-state index is -0.878. The number of hydrogen-bond acceptors (Lipinski definition) is 4. The van der Waals surface area contributed by atoms with Gasteiger partial charge in [0.25, 0.3) is 5.69 Å². The third-order valence-electron chi connectivity index (χ3n) is 1.82. The number of nitrogens with zero attached hydrogens (tertiary/aromatic N) is 1. The molecule has 0 aliphatic carbocycles. The number of carbonyl (C=O) groups excluding carboxylic acids is 1. The number of ether oxygens (including phenoxy) is 1. The van der Waals surface area contributed by atoms with Gasteiger partial charge in [0.05, 0.1) is 10.5 Å². The van der Waals surface area contributed by atoms with Gasteiger partial charge in [-0.1, -0.05) is 12.1 Å². The maximum atomic E-state index is 10.6. The van der Waals surface area contributed by atoms with E-state index in [-0.39, 0.29) is 11.3 Å². The van der Waals surface area contributed by atoms with Crippen molar-refractivity contribution >= 4 is 12.0 Å². The van der Waals surface area contributed by atoms with Gasteiger partial charge in [0.15, 0.2) is 6.29 Å². The van der Waals surface area contributed by atoms with Gasteiger partial charge in [0.2, 0.25) is 0 Å². The zero-order chi connectivity index (χ0) is 10.6. The summed E-state index contributed by atoms with van der Waals surface area (Å²) in [6.07, 6.45) is -0.348. The van der Waals surface area contributed by atoms with Crippen LogP contribution in [0.3, 0.4) is 0 Å². The summed E-state index contributed by atoms with van der Waals surface area (Å²) in [5.74, 6) is 0. The Labute approximate surface area is 80.5 Å². The molecule has 0 bridgehead atoms. The van der Waals surface area contributed by atoms with E-state index in [1.165, 1.54) is 19.2 Å². The molecule has 0 heterocycles. The first kappa shape index (κ1) is 10.3. The van der Waals surface area contributed by atoms with Crippen LogP contribution < -0.4 is 0 Å². The summed E-state index contributed by atoms with van der Waals surface area (Å²) in [4.78, 5) is 20.6. The molecule has 5 nitrogen and oxygen atoms in total. The molecule has 0 spiro atoms. The zero-order valence-electron chi connectivity index (χ0n) is 7.54. The fourth-order valence-corrected chi connectivity index (χ4v) is 1.15. The van der Waals surface area contributed by atoms with Crippen molar-refractivity contribution < 1.29 is 14.5 Å². The van der Waals surface area contributed by atoms with E-state index in [1.807, 2.05) is 0 Å². The van der Waals surface area contributed by atoms with Gasteiger partial charge in [-0.15, -0.1) is 0 Å². The summed E-state index contributed by atoms with van der Waals surface area (Å²) in [6, 6.07) is 6.00. The van der Waals surface area contributed by atoms with E-state index in [4.69, 9.17) is 4.74 Å². The fourth-order valence-electron chi connectivity index (χ4n) is 1.15. The predicted molar refractivity (Wildman–Crippen MR) is 48.9 cm³/mol. The van der Waals surface area contributed by atoms with Gasteiger partial charge < -0.3 is 9.53 Å². The minimum absolute atomic E-state index is 0.105. The van der Waals surface area contributed by atoms with Crippen LogP contribution in [0.4, 0.5) is 5.69 Å². The van der Waals surface area contributed by atoms with Gasteiger partial charge in [0.1, 0.15) is 6.10 Å². The number of para-hydroxylation sites is 1. The molecule has 0 saturated carbocycles. The van der Waals surface area contributed by atoms with Crippen LogP contribution >= 0.6 is 0 Å². The van der Waals surface area contributed by atoms with E-state index in [1.54, 1.807) is 12.1 Å². The van der Waals surface area contributed by atoms with Gasteiger partial charge in [-0.3, -0.25) is 10.1 Å². The number of rotatable bonds is 4. The highest BCUT2D eigenvalue weighted by atomic mass is 16.6. The first-order valence-corrected chi connectivity index (χ1v) is 3.92. The molecule has 74 valence electrons. The summed E-state index contributed by atoms with van der Waals surface area (Å²) in [6.45, 7) is 0. The lowest BCUT2D eigenvalue weighted by Gasteiger charge is -2.07. The molecule has 1 unspecified atom stereocenters. The highest BCUT2D eigenvalue weighted by molar-refractivity contribution is 5.63. The number of hydrogen-bond donors (Lipinski definition) is 0. The maximum absolute atomic E-state index is 10.6. The Morgan fingerprint density at radius 2 is 2.14 bits per heavy atom. The van der Waals surface area contributed by atoms with Crippen LogP contribution in [-0.4, -0.2) is 18.3 Å². The van der Waals surface area contributed by atoms with E-state index in [9.17, 15) is 14.9 Å². The second kappa shape index (κ2) is 4.48. The predicted octanol–water partition coefficient (Wildman–Crippen LogP) is 1.48. The highest BCUT2D eigenvalue weighted by Crippen LogP contribution is 2.25. The number of methoxy groups -OCH3 is 1. The van der Waals surface area contributed by atoms with E-state index >= 15 is 0 Å². The van der Waals surface area contributed by atoms with E-state index in [0.717, 1.165) is 0 Å². The molecule has 0 radical (unpaired) electrons. The SMILES string of the molecule is COC(C=O)c1ccccc1[N+](=O)[O-]. The van der Waals surface area contributed by atoms with Crippen molar-refractivity contribution in [1.29, 1.82) is 0 Å². The number of nitro benzene ring substituents is 1. The fraction of sp³-hybridized carbons (Fsp3) is 0.222. The standard InChI is InChI=1S/C9H9NO4/c1-14-9(6-11)7-4-2-3-5-8(7)10(12)13/h2-6,9H,1H3. The van der Waals surface area contributed by atoms with Crippen LogP contribution in [0.2, 0.25) is 0 Å². The minimum Gasteiger partial charge on any atom is -0.369 e. The topological polar surface area (TPSA) is 69.4 Å². The van der Waals surface area contributed by atoms with E-state index in [2.05, 4.69) is 0 Å². The molecule has 1 aromatic rings. The molecule has 1 aromatic carbocycles. The number of benzene rings is 1. The Balaban J connectivity index is 3.18. The molecule has 0 fully saturated rings. The molecule has 5 heteroatoms. The second-order valence-corrected chi connectivity index (χ2v) is 2.61. The maximum Gasteiger partial charge on any atom is 0.275 e. The number of aldehydes is 1. The Bertz CT molecular complexity index is 350. The first-order chi connectivity index (χ1) is 6.70. The molecule has 0 aliphatic heterocycles. The molecule has 14 heavy (non-hydrogen) atoms. The number of nitro groups is 1. The third kappa shape index (κ3) is 1.94. The highest BCUT2D eigenvalue weighted by Gasteiger charge is 2.20. The molecule has 0 aromatic heterocycles. The second-order valence-electron chi connectivity index (χ2n) is 2.61. The summed E-state index contributed by atoms with van der Waals surface area (Å²) in [5.41, 5.74) is 0.168. The Morgan fingerprint density at radius 1 is 1.50 bits per heavy atom. The molecular weight excluding hydrogens is 186 g/mol. The first-order valence-electron chi connectivity index (χ1n) is 3.92. The molecule has 1 atom stereocenters. The lowest BCUT2D eigenvalue weighted by atomic mass is 10.1. The largest absolute Gasteiger partial charge is 0.369 e. The summed E-state index contributed by atoms with van der Waals surface area (Å²) >= 11 is 0.